The summed E-state index contributed by atoms with van der Waals surface area (Å²) in [6.07, 6.45) is 0. The molecule has 0 fully saturated rings. The third kappa shape index (κ3) is 5.50. The van der Waals surface area contributed by atoms with Crippen molar-refractivity contribution < 1.29 is 0 Å². The van der Waals surface area contributed by atoms with Gasteiger partial charge in [-0.25, -0.2) is 0 Å². The zero-order chi connectivity index (χ0) is 43.5. The van der Waals surface area contributed by atoms with E-state index in [4.69, 9.17) is 0 Å². The number of fused-ring (bicyclic) bond motifs is 9. The maximum Gasteiger partial charge on any atom is 0.0543 e. The second-order valence-corrected chi connectivity index (χ2v) is 19.7. The highest BCUT2D eigenvalue weighted by Gasteiger charge is 2.40. The van der Waals surface area contributed by atoms with Gasteiger partial charge in [-0.05, 0) is 131 Å². The van der Waals surface area contributed by atoms with E-state index < -0.39 is 0 Å². The minimum atomic E-state index is -0.112. The van der Waals surface area contributed by atoms with E-state index in [9.17, 15) is 0 Å². The van der Waals surface area contributed by atoms with Crippen molar-refractivity contribution in [2.24, 2.45) is 0 Å². The molecule has 3 aliphatic rings. The van der Waals surface area contributed by atoms with Crippen LogP contribution in [0.25, 0.3) is 66.8 Å². The van der Waals surface area contributed by atoms with Crippen LogP contribution >= 0.6 is 0 Å². The summed E-state index contributed by atoms with van der Waals surface area (Å²) in [7, 11) is 0. The van der Waals surface area contributed by atoms with E-state index in [-0.39, 0.29) is 16.2 Å². The average Bonchev–Trinajstić information content (AvgIpc) is 3.82. The average molecular weight is 822 g/mol. The van der Waals surface area contributed by atoms with Gasteiger partial charge in [0.2, 0.25) is 0 Å². The van der Waals surface area contributed by atoms with Crippen molar-refractivity contribution in [1.82, 2.24) is 0 Å². The summed E-state index contributed by atoms with van der Waals surface area (Å²) in [5.74, 6) is 0. The molecule has 0 N–H and O–H groups in total. The number of hydrogen-bond acceptors (Lipinski definition) is 1. The summed E-state index contributed by atoms with van der Waals surface area (Å²) in [5.41, 5.74) is 27.0. The van der Waals surface area contributed by atoms with E-state index in [1.54, 1.807) is 0 Å². The molecule has 0 heterocycles. The van der Waals surface area contributed by atoms with Gasteiger partial charge >= 0.3 is 0 Å². The molecule has 0 bridgehead atoms. The Labute approximate surface area is 378 Å². The molecule has 0 amide bonds. The van der Waals surface area contributed by atoms with Gasteiger partial charge in [0.25, 0.3) is 0 Å². The van der Waals surface area contributed by atoms with E-state index in [0.29, 0.717) is 0 Å². The first kappa shape index (κ1) is 38.5. The predicted octanol–water partition coefficient (Wildman–Crippen LogP) is 17.1. The van der Waals surface area contributed by atoms with Gasteiger partial charge in [-0.2, -0.15) is 0 Å². The lowest BCUT2D eigenvalue weighted by Crippen LogP contribution is -2.16. The minimum absolute atomic E-state index is 0.0489. The maximum atomic E-state index is 2.47. The first-order valence-electron chi connectivity index (χ1n) is 22.8. The van der Waals surface area contributed by atoms with E-state index >= 15 is 0 Å². The van der Waals surface area contributed by atoms with Crippen LogP contribution in [0.3, 0.4) is 0 Å². The van der Waals surface area contributed by atoms with Gasteiger partial charge in [-0.3, -0.25) is 0 Å². The van der Waals surface area contributed by atoms with Crippen LogP contribution in [-0.2, 0) is 16.2 Å². The van der Waals surface area contributed by atoms with Crippen LogP contribution < -0.4 is 4.90 Å². The van der Waals surface area contributed by atoms with Crippen LogP contribution in [0.2, 0.25) is 0 Å². The molecule has 0 aliphatic heterocycles. The molecule has 9 aromatic rings. The van der Waals surface area contributed by atoms with E-state index in [1.807, 2.05) is 0 Å². The molecule has 3 aliphatic carbocycles. The minimum Gasteiger partial charge on any atom is -0.310 e. The standard InChI is InChI=1S/C63H51N/c1-61(2)55-26-14-11-21-52(55)59-56(61)27-16-28-58(59)64(43-34-29-40(30-35-43)42-33-38-49-47-19-9-12-24-53(47)62(3,4)57(49)39-42)44-36-31-41(32-37-44)45-17-7-8-18-46(45)50-22-15-23-51-48-20-10-13-25-54(48)63(5,6)60(50)51/h7-39H,1-6H3. The van der Waals surface area contributed by atoms with Crippen LogP contribution in [0.1, 0.15) is 74.9 Å². The zero-order valence-corrected chi connectivity index (χ0v) is 37.5. The first-order chi connectivity index (χ1) is 31.0. The molecule has 0 spiro atoms. The number of hydrogen-bond donors (Lipinski definition) is 0. The van der Waals surface area contributed by atoms with Crippen LogP contribution in [0.15, 0.2) is 200 Å². The lowest BCUT2D eigenvalue weighted by atomic mass is 9.78. The fourth-order valence-electron chi connectivity index (χ4n) is 11.9. The monoisotopic (exact) mass is 821 g/mol. The van der Waals surface area contributed by atoms with E-state index in [0.717, 1.165) is 11.4 Å². The van der Waals surface area contributed by atoms with Crippen molar-refractivity contribution in [3.8, 4) is 66.8 Å². The van der Waals surface area contributed by atoms with Gasteiger partial charge in [-0.1, -0.05) is 205 Å². The molecule has 64 heavy (non-hydrogen) atoms. The number of anilines is 3. The molecule has 0 aromatic heterocycles. The molecular weight excluding hydrogens is 771 g/mol. The van der Waals surface area contributed by atoms with Gasteiger partial charge in [0, 0.05) is 33.2 Å². The highest BCUT2D eigenvalue weighted by Crippen LogP contribution is 2.56. The largest absolute Gasteiger partial charge is 0.310 e. The summed E-state index contributed by atoms with van der Waals surface area (Å²) in [5, 5.41) is 0. The molecule has 0 saturated heterocycles. The Balaban J connectivity index is 0.970. The third-order valence-electron chi connectivity index (χ3n) is 15.1. The van der Waals surface area contributed by atoms with Crippen LogP contribution in [0.4, 0.5) is 17.1 Å². The molecule has 1 heteroatoms. The molecule has 9 aromatic carbocycles. The fraction of sp³-hybridized carbons (Fsp3) is 0.143. The summed E-state index contributed by atoms with van der Waals surface area (Å²) >= 11 is 0. The topological polar surface area (TPSA) is 3.24 Å². The summed E-state index contributed by atoms with van der Waals surface area (Å²) in [6.45, 7) is 14.2. The summed E-state index contributed by atoms with van der Waals surface area (Å²) < 4.78 is 0. The second kappa shape index (κ2) is 13.9. The molecule has 12 rings (SSSR count). The van der Waals surface area contributed by atoms with Gasteiger partial charge in [-0.15, -0.1) is 0 Å². The van der Waals surface area contributed by atoms with Crippen molar-refractivity contribution in [3.05, 3.63) is 234 Å². The lowest BCUT2D eigenvalue weighted by molar-refractivity contribution is 0.660. The quantitative estimate of drug-likeness (QED) is 0.161. The summed E-state index contributed by atoms with van der Waals surface area (Å²) in [6, 6.07) is 75.1. The number of benzene rings is 9. The lowest BCUT2D eigenvalue weighted by Gasteiger charge is -2.29. The van der Waals surface area contributed by atoms with Crippen molar-refractivity contribution in [2.45, 2.75) is 57.8 Å². The SMILES string of the molecule is CC1(C)c2ccccc2-c2ccc(-c3ccc(N(c4ccc(-c5ccccc5-c5cccc6c5C(C)(C)c5ccccc5-6)cc4)c4cccc5c4-c4ccccc4C5(C)C)cc3)cc21. The van der Waals surface area contributed by atoms with E-state index in [2.05, 4.69) is 247 Å². The van der Waals surface area contributed by atoms with Gasteiger partial charge < -0.3 is 4.90 Å². The van der Waals surface area contributed by atoms with Gasteiger partial charge in [0.15, 0.2) is 0 Å². The Hall–Kier alpha value is -7.22. The van der Waals surface area contributed by atoms with Crippen LogP contribution in [-0.4, -0.2) is 0 Å². The molecule has 0 saturated carbocycles. The molecular formula is C63H51N. The Morgan fingerprint density at radius 1 is 0.281 bits per heavy atom. The second-order valence-electron chi connectivity index (χ2n) is 19.7. The van der Waals surface area contributed by atoms with Crippen molar-refractivity contribution in [3.63, 3.8) is 0 Å². The molecule has 0 atom stereocenters. The third-order valence-corrected chi connectivity index (χ3v) is 15.1. The maximum absolute atomic E-state index is 2.47. The van der Waals surface area contributed by atoms with E-state index in [1.165, 1.54) is 106 Å². The van der Waals surface area contributed by atoms with Crippen molar-refractivity contribution in [1.29, 1.82) is 0 Å². The molecule has 0 unspecified atom stereocenters. The van der Waals surface area contributed by atoms with Crippen molar-refractivity contribution >= 4 is 17.1 Å². The Bertz CT molecular complexity index is 3340. The van der Waals surface area contributed by atoms with Crippen molar-refractivity contribution in [2.75, 3.05) is 4.90 Å². The molecule has 1 nitrogen and oxygen atoms in total. The van der Waals surface area contributed by atoms with Crippen LogP contribution in [0.5, 0.6) is 0 Å². The Morgan fingerprint density at radius 2 is 0.703 bits per heavy atom. The number of rotatable bonds is 6. The number of nitrogens with zero attached hydrogens (tertiary/aromatic N) is 1. The highest BCUT2D eigenvalue weighted by atomic mass is 15.1. The summed E-state index contributed by atoms with van der Waals surface area (Å²) in [4.78, 5) is 2.47. The normalized spacial score (nSPS) is 15.1. The first-order valence-corrected chi connectivity index (χ1v) is 22.8. The molecule has 0 radical (unpaired) electrons. The Morgan fingerprint density at radius 3 is 1.36 bits per heavy atom. The van der Waals surface area contributed by atoms with Crippen LogP contribution in [0, 0.1) is 0 Å². The smallest absolute Gasteiger partial charge is 0.0543 e. The van der Waals surface area contributed by atoms with Gasteiger partial charge in [0.05, 0.1) is 5.69 Å². The fourth-order valence-corrected chi connectivity index (χ4v) is 11.9. The predicted molar refractivity (Wildman–Crippen MR) is 270 cm³/mol. The van der Waals surface area contributed by atoms with Gasteiger partial charge in [0.1, 0.15) is 0 Å². The Kier molecular flexibility index (Phi) is 8.35. The molecule has 308 valence electrons. The highest BCUT2D eigenvalue weighted by molar-refractivity contribution is 5.97. The zero-order valence-electron chi connectivity index (χ0n) is 37.5.